The Morgan fingerprint density at radius 1 is 1.38 bits per heavy atom. The van der Waals surface area contributed by atoms with E-state index in [2.05, 4.69) is 40.1 Å². The minimum Gasteiger partial charge on any atom is -0.481 e. The van der Waals surface area contributed by atoms with Gasteiger partial charge in [0.2, 0.25) is 0 Å². The highest BCUT2D eigenvalue weighted by Crippen LogP contribution is 2.20. The Labute approximate surface area is 133 Å². The summed E-state index contributed by atoms with van der Waals surface area (Å²) in [5.41, 5.74) is 0.365. The number of halogens is 1. The van der Waals surface area contributed by atoms with Crippen LogP contribution in [0.3, 0.4) is 0 Å². The smallest absolute Gasteiger partial charge is 0.303 e. The molecule has 5 nitrogen and oxygen atoms in total. The van der Waals surface area contributed by atoms with E-state index in [-0.39, 0.29) is 18.2 Å². The van der Waals surface area contributed by atoms with Gasteiger partial charge < -0.3 is 10.4 Å². The van der Waals surface area contributed by atoms with Crippen molar-refractivity contribution in [3.8, 4) is 0 Å². The fourth-order valence-electron chi connectivity index (χ4n) is 2.13. The first-order chi connectivity index (χ1) is 9.91. The number of hydrogen-bond acceptors (Lipinski definition) is 3. The van der Waals surface area contributed by atoms with Crippen LogP contribution < -0.4 is 5.32 Å². The first kappa shape index (κ1) is 17.6. The lowest BCUT2D eigenvalue weighted by atomic mass is 9.88. The summed E-state index contributed by atoms with van der Waals surface area (Å²) >= 11 is 3.29. The molecule has 1 heterocycles. The van der Waals surface area contributed by atoms with Gasteiger partial charge in [0.25, 0.3) is 5.91 Å². The summed E-state index contributed by atoms with van der Waals surface area (Å²) in [5.74, 6) is -0.318. The van der Waals surface area contributed by atoms with Crippen LogP contribution in [0.1, 0.15) is 43.6 Å². The molecule has 0 aliphatic carbocycles. The van der Waals surface area contributed by atoms with Crippen molar-refractivity contribution in [1.29, 1.82) is 0 Å². The number of nitrogens with one attached hydrogen (secondary N) is 1. The molecule has 116 valence electrons. The van der Waals surface area contributed by atoms with Crippen LogP contribution in [0.4, 0.5) is 0 Å². The Balaban J connectivity index is 2.45. The molecular weight excluding hydrogens is 336 g/mol. The lowest BCUT2D eigenvalue weighted by molar-refractivity contribution is -0.137. The maximum Gasteiger partial charge on any atom is 0.303 e. The van der Waals surface area contributed by atoms with Gasteiger partial charge in [-0.05, 0) is 52.7 Å². The molecule has 1 aromatic heterocycles. The molecule has 0 saturated carbocycles. The number of aromatic nitrogens is 1. The summed E-state index contributed by atoms with van der Waals surface area (Å²) in [6.07, 6.45) is 3.14. The van der Waals surface area contributed by atoms with E-state index in [1.165, 1.54) is 0 Å². The average molecular weight is 357 g/mol. The molecule has 0 fully saturated rings. The van der Waals surface area contributed by atoms with E-state index in [0.717, 1.165) is 6.42 Å². The SMILES string of the molecule is CC(C)C(CCNC(=O)c1ncccc1Br)CCC(=O)O. The molecule has 1 aromatic rings. The van der Waals surface area contributed by atoms with Crippen molar-refractivity contribution in [2.75, 3.05) is 6.54 Å². The molecule has 1 rings (SSSR count). The monoisotopic (exact) mass is 356 g/mol. The maximum absolute atomic E-state index is 12.0. The number of carboxylic acids is 1. The van der Waals surface area contributed by atoms with E-state index in [1.54, 1.807) is 18.3 Å². The van der Waals surface area contributed by atoms with E-state index >= 15 is 0 Å². The quantitative estimate of drug-likeness (QED) is 0.749. The normalized spacial score (nSPS) is 12.2. The van der Waals surface area contributed by atoms with Gasteiger partial charge in [-0.2, -0.15) is 0 Å². The third-order valence-electron chi connectivity index (χ3n) is 3.45. The predicted molar refractivity (Wildman–Crippen MR) is 84.1 cm³/mol. The molecule has 0 saturated heterocycles. The fourth-order valence-corrected chi connectivity index (χ4v) is 2.56. The van der Waals surface area contributed by atoms with Crippen molar-refractivity contribution in [3.05, 3.63) is 28.5 Å². The second-order valence-corrected chi connectivity index (χ2v) is 6.17. The molecule has 0 spiro atoms. The minimum absolute atomic E-state index is 0.169. The van der Waals surface area contributed by atoms with E-state index in [4.69, 9.17) is 5.11 Å². The van der Waals surface area contributed by atoms with E-state index in [9.17, 15) is 9.59 Å². The maximum atomic E-state index is 12.0. The van der Waals surface area contributed by atoms with Gasteiger partial charge in [0.15, 0.2) is 0 Å². The number of rotatable bonds is 8. The Bertz CT molecular complexity index is 492. The summed E-state index contributed by atoms with van der Waals surface area (Å²) in [4.78, 5) is 26.7. The molecule has 0 bridgehead atoms. The summed E-state index contributed by atoms with van der Waals surface area (Å²) in [7, 11) is 0. The van der Waals surface area contributed by atoms with Crippen molar-refractivity contribution in [2.45, 2.75) is 33.1 Å². The second-order valence-electron chi connectivity index (χ2n) is 5.31. The number of pyridine rings is 1. The Kier molecular flexibility index (Phi) is 7.36. The third-order valence-corrected chi connectivity index (χ3v) is 4.09. The standard InChI is InChI=1S/C15H21BrN2O3/c1-10(2)11(5-6-13(19)20)7-9-18-15(21)14-12(16)4-3-8-17-14/h3-4,8,10-11H,5-7,9H2,1-2H3,(H,18,21)(H,19,20). The van der Waals surface area contributed by atoms with Crippen LogP contribution in [0, 0.1) is 11.8 Å². The molecule has 1 amide bonds. The average Bonchev–Trinajstić information content (AvgIpc) is 2.42. The lowest BCUT2D eigenvalue weighted by Crippen LogP contribution is -2.28. The summed E-state index contributed by atoms with van der Waals surface area (Å²) in [6, 6.07) is 3.52. The molecule has 0 aliphatic heterocycles. The topological polar surface area (TPSA) is 79.3 Å². The van der Waals surface area contributed by atoms with Gasteiger partial charge in [0, 0.05) is 23.6 Å². The van der Waals surface area contributed by atoms with E-state index in [1.807, 2.05) is 0 Å². The van der Waals surface area contributed by atoms with Crippen LogP contribution in [-0.2, 0) is 4.79 Å². The predicted octanol–water partition coefficient (Wildman–Crippen LogP) is 3.10. The van der Waals surface area contributed by atoms with Crippen LogP contribution in [-0.4, -0.2) is 28.5 Å². The Morgan fingerprint density at radius 2 is 2.10 bits per heavy atom. The van der Waals surface area contributed by atoms with Gasteiger partial charge in [-0.1, -0.05) is 13.8 Å². The highest BCUT2D eigenvalue weighted by Gasteiger charge is 2.16. The Morgan fingerprint density at radius 3 is 2.67 bits per heavy atom. The highest BCUT2D eigenvalue weighted by molar-refractivity contribution is 9.10. The number of aliphatic carboxylic acids is 1. The van der Waals surface area contributed by atoms with Crippen LogP contribution in [0.15, 0.2) is 22.8 Å². The van der Waals surface area contributed by atoms with Crippen LogP contribution in [0.5, 0.6) is 0 Å². The van der Waals surface area contributed by atoms with Crippen LogP contribution in [0.2, 0.25) is 0 Å². The fraction of sp³-hybridized carbons (Fsp3) is 0.533. The number of carbonyl (C=O) groups excluding carboxylic acids is 1. The van der Waals surface area contributed by atoms with E-state index < -0.39 is 5.97 Å². The zero-order chi connectivity index (χ0) is 15.8. The van der Waals surface area contributed by atoms with Crippen LogP contribution >= 0.6 is 15.9 Å². The lowest BCUT2D eigenvalue weighted by Gasteiger charge is -2.20. The Hall–Kier alpha value is -1.43. The number of nitrogens with zero attached hydrogens (tertiary/aromatic N) is 1. The number of carboxylic acid groups (broad SMARTS) is 1. The van der Waals surface area contributed by atoms with Crippen molar-refractivity contribution in [3.63, 3.8) is 0 Å². The molecule has 2 N–H and O–H groups in total. The third kappa shape index (κ3) is 6.25. The van der Waals surface area contributed by atoms with Crippen molar-refractivity contribution in [1.82, 2.24) is 10.3 Å². The second kappa shape index (κ2) is 8.77. The largest absolute Gasteiger partial charge is 0.481 e. The molecule has 21 heavy (non-hydrogen) atoms. The van der Waals surface area contributed by atoms with Gasteiger partial charge >= 0.3 is 5.97 Å². The first-order valence-corrected chi connectivity index (χ1v) is 7.81. The van der Waals surface area contributed by atoms with Gasteiger partial charge in [0.1, 0.15) is 5.69 Å². The molecule has 6 heteroatoms. The van der Waals surface area contributed by atoms with Gasteiger partial charge in [-0.25, -0.2) is 4.98 Å². The molecule has 1 unspecified atom stereocenters. The zero-order valence-electron chi connectivity index (χ0n) is 12.3. The highest BCUT2D eigenvalue weighted by atomic mass is 79.9. The van der Waals surface area contributed by atoms with Gasteiger partial charge in [-0.3, -0.25) is 9.59 Å². The zero-order valence-corrected chi connectivity index (χ0v) is 13.9. The minimum atomic E-state index is -0.776. The number of carbonyl (C=O) groups is 2. The molecule has 0 aromatic carbocycles. The molecule has 0 aliphatic rings. The molecule has 0 radical (unpaired) electrons. The van der Waals surface area contributed by atoms with Gasteiger partial charge in [0.05, 0.1) is 0 Å². The molecule has 1 atom stereocenters. The summed E-state index contributed by atoms with van der Waals surface area (Å²) in [5, 5.41) is 11.6. The number of amides is 1. The molecular formula is C15H21BrN2O3. The first-order valence-electron chi connectivity index (χ1n) is 7.02. The van der Waals surface area contributed by atoms with Crippen LogP contribution in [0.25, 0.3) is 0 Å². The number of hydrogen-bond donors (Lipinski definition) is 2. The van der Waals surface area contributed by atoms with Crippen molar-refractivity contribution >= 4 is 27.8 Å². The van der Waals surface area contributed by atoms with Crippen molar-refractivity contribution < 1.29 is 14.7 Å². The van der Waals surface area contributed by atoms with Gasteiger partial charge in [-0.15, -0.1) is 0 Å². The summed E-state index contributed by atoms with van der Waals surface area (Å²) < 4.78 is 0.661. The van der Waals surface area contributed by atoms with Crippen molar-refractivity contribution in [2.24, 2.45) is 11.8 Å². The summed E-state index contributed by atoms with van der Waals surface area (Å²) in [6.45, 7) is 4.66. The van der Waals surface area contributed by atoms with E-state index in [0.29, 0.717) is 29.1 Å².